The van der Waals surface area contributed by atoms with E-state index in [9.17, 15) is 4.79 Å². The van der Waals surface area contributed by atoms with Gasteiger partial charge in [-0.3, -0.25) is 4.79 Å². The molecule has 0 bridgehead atoms. The van der Waals surface area contributed by atoms with E-state index in [2.05, 4.69) is 6.07 Å². The molecule has 3 rings (SSSR count). The Morgan fingerprint density at radius 3 is 2.95 bits per heavy atom. The smallest absolute Gasteiger partial charge is 0.225 e. The summed E-state index contributed by atoms with van der Waals surface area (Å²) in [4.78, 5) is 19.0. The summed E-state index contributed by atoms with van der Waals surface area (Å²) in [6.45, 7) is 4.81. The van der Waals surface area contributed by atoms with Crippen molar-refractivity contribution in [2.45, 2.75) is 32.7 Å². The summed E-state index contributed by atoms with van der Waals surface area (Å²) in [5.41, 5.74) is 1.05. The molecule has 4 heteroatoms. The molecule has 0 spiro atoms. The molecular formula is C15H18N2OS. The number of nitrogens with zero attached hydrogens (tertiary/aromatic N) is 2. The van der Waals surface area contributed by atoms with Crippen LogP contribution < -0.4 is 0 Å². The Kier molecular flexibility index (Phi) is 3.27. The molecule has 100 valence electrons. The number of hydrogen-bond acceptors (Lipinski definition) is 3. The lowest BCUT2D eigenvalue weighted by Gasteiger charge is -2.24. The first kappa shape index (κ1) is 12.6. The molecule has 0 N–H and O–H groups in total. The fourth-order valence-electron chi connectivity index (χ4n) is 2.65. The number of fused-ring (bicyclic) bond motifs is 1. The van der Waals surface area contributed by atoms with Crippen molar-refractivity contribution in [3.63, 3.8) is 0 Å². The van der Waals surface area contributed by atoms with Crippen LogP contribution in [0.25, 0.3) is 10.2 Å². The minimum atomic E-state index is 0.0648. The molecule has 0 saturated carbocycles. The predicted octanol–water partition coefficient (Wildman–Crippen LogP) is 3.62. The topological polar surface area (TPSA) is 33.2 Å². The van der Waals surface area contributed by atoms with Gasteiger partial charge in [0.05, 0.1) is 16.3 Å². The third kappa shape index (κ3) is 2.25. The van der Waals surface area contributed by atoms with E-state index in [1.54, 1.807) is 11.3 Å². The van der Waals surface area contributed by atoms with E-state index in [1.165, 1.54) is 4.70 Å². The maximum atomic E-state index is 12.2. The van der Waals surface area contributed by atoms with Gasteiger partial charge in [0.15, 0.2) is 0 Å². The largest absolute Gasteiger partial charge is 0.333 e. The van der Waals surface area contributed by atoms with Crippen LogP contribution in [-0.4, -0.2) is 22.3 Å². The third-order valence-electron chi connectivity index (χ3n) is 3.63. The number of hydrogen-bond donors (Lipinski definition) is 0. The lowest BCUT2D eigenvalue weighted by molar-refractivity contribution is -0.135. The minimum absolute atomic E-state index is 0.0648. The van der Waals surface area contributed by atoms with Gasteiger partial charge in [-0.05, 0) is 25.0 Å². The number of thiazole rings is 1. The van der Waals surface area contributed by atoms with Gasteiger partial charge in [-0.15, -0.1) is 11.3 Å². The third-order valence-corrected chi connectivity index (χ3v) is 4.76. The summed E-state index contributed by atoms with van der Waals surface area (Å²) < 4.78 is 1.21. The van der Waals surface area contributed by atoms with Crippen molar-refractivity contribution in [1.29, 1.82) is 0 Å². The Hall–Kier alpha value is -1.42. The maximum absolute atomic E-state index is 12.2. The summed E-state index contributed by atoms with van der Waals surface area (Å²) in [6.07, 6.45) is 2.12. The molecule has 1 saturated heterocycles. The standard InChI is InChI=1S/C15H18N2OS/c1-10(2)15(18)17-9-5-7-12(17)14-16-11-6-3-4-8-13(11)19-14/h3-4,6,8,10,12H,5,7,9H2,1-2H3/t12-/m0/s1. The summed E-state index contributed by atoms with van der Waals surface area (Å²) in [5.74, 6) is 0.316. The summed E-state index contributed by atoms with van der Waals surface area (Å²) >= 11 is 1.72. The molecule has 0 radical (unpaired) electrons. The van der Waals surface area contributed by atoms with Crippen molar-refractivity contribution in [2.75, 3.05) is 6.54 Å². The zero-order chi connectivity index (χ0) is 13.4. The van der Waals surface area contributed by atoms with Gasteiger partial charge >= 0.3 is 0 Å². The first-order valence-corrected chi connectivity index (χ1v) is 7.64. The molecule has 1 atom stereocenters. The predicted molar refractivity (Wildman–Crippen MR) is 78.1 cm³/mol. The van der Waals surface area contributed by atoms with Crippen molar-refractivity contribution < 1.29 is 4.79 Å². The molecule has 1 aliphatic heterocycles. The van der Waals surface area contributed by atoms with Crippen LogP contribution in [-0.2, 0) is 4.79 Å². The molecular weight excluding hydrogens is 256 g/mol. The van der Waals surface area contributed by atoms with Crippen LogP contribution in [0.4, 0.5) is 0 Å². The number of aromatic nitrogens is 1. The van der Waals surface area contributed by atoms with Gasteiger partial charge in [-0.1, -0.05) is 26.0 Å². The van der Waals surface area contributed by atoms with Crippen LogP contribution in [0.15, 0.2) is 24.3 Å². The molecule has 2 heterocycles. The Morgan fingerprint density at radius 1 is 1.42 bits per heavy atom. The van der Waals surface area contributed by atoms with Gasteiger partial charge < -0.3 is 4.90 Å². The average molecular weight is 274 g/mol. The van der Waals surface area contributed by atoms with Crippen LogP contribution in [0.1, 0.15) is 37.7 Å². The number of carbonyl (C=O) groups excluding carboxylic acids is 1. The Bertz CT molecular complexity index is 572. The molecule has 19 heavy (non-hydrogen) atoms. The highest BCUT2D eigenvalue weighted by molar-refractivity contribution is 7.18. The second-order valence-corrected chi connectivity index (χ2v) is 6.43. The van der Waals surface area contributed by atoms with E-state index in [1.807, 2.05) is 36.9 Å². The van der Waals surface area contributed by atoms with E-state index >= 15 is 0 Å². The summed E-state index contributed by atoms with van der Waals surface area (Å²) in [7, 11) is 0. The van der Waals surface area contributed by atoms with Gasteiger partial charge in [-0.2, -0.15) is 0 Å². The number of rotatable bonds is 2. The highest BCUT2D eigenvalue weighted by atomic mass is 32.1. The van der Waals surface area contributed by atoms with Crippen molar-refractivity contribution in [3.8, 4) is 0 Å². The lowest BCUT2D eigenvalue weighted by Crippen LogP contribution is -2.33. The molecule has 1 aromatic heterocycles. The molecule has 1 aliphatic rings. The monoisotopic (exact) mass is 274 g/mol. The second-order valence-electron chi connectivity index (χ2n) is 5.36. The molecule has 1 fully saturated rings. The fraction of sp³-hybridized carbons (Fsp3) is 0.467. The van der Waals surface area contributed by atoms with E-state index in [0.29, 0.717) is 0 Å². The second kappa shape index (κ2) is 4.93. The number of benzene rings is 1. The molecule has 3 nitrogen and oxygen atoms in total. The number of para-hydroxylation sites is 1. The van der Waals surface area contributed by atoms with Gasteiger partial charge in [0, 0.05) is 12.5 Å². The quantitative estimate of drug-likeness (QED) is 0.838. The van der Waals surface area contributed by atoms with Crippen LogP contribution in [0.3, 0.4) is 0 Å². The van der Waals surface area contributed by atoms with Gasteiger partial charge in [0.1, 0.15) is 5.01 Å². The molecule has 2 aromatic rings. The Labute approximate surface area is 117 Å². The van der Waals surface area contributed by atoms with Crippen molar-refractivity contribution in [2.24, 2.45) is 5.92 Å². The van der Waals surface area contributed by atoms with E-state index in [4.69, 9.17) is 4.98 Å². The fourth-order valence-corrected chi connectivity index (χ4v) is 3.77. The zero-order valence-electron chi connectivity index (χ0n) is 11.3. The van der Waals surface area contributed by atoms with Gasteiger partial charge in [-0.25, -0.2) is 4.98 Å². The molecule has 1 amide bonds. The normalized spacial score (nSPS) is 19.5. The van der Waals surface area contributed by atoms with Gasteiger partial charge in [0.25, 0.3) is 0 Å². The first-order chi connectivity index (χ1) is 9.16. The Balaban J connectivity index is 1.93. The van der Waals surface area contributed by atoms with Crippen molar-refractivity contribution in [1.82, 2.24) is 9.88 Å². The van der Waals surface area contributed by atoms with Crippen molar-refractivity contribution in [3.05, 3.63) is 29.3 Å². The van der Waals surface area contributed by atoms with Crippen LogP contribution >= 0.6 is 11.3 Å². The number of amides is 1. The van der Waals surface area contributed by atoms with Crippen molar-refractivity contribution >= 4 is 27.5 Å². The van der Waals surface area contributed by atoms with E-state index in [-0.39, 0.29) is 17.9 Å². The van der Waals surface area contributed by atoms with Crippen LogP contribution in [0, 0.1) is 5.92 Å². The number of likely N-dealkylation sites (tertiary alicyclic amines) is 1. The maximum Gasteiger partial charge on any atom is 0.225 e. The van der Waals surface area contributed by atoms with Crippen LogP contribution in [0.2, 0.25) is 0 Å². The average Bonchev–Trinajstić information content (AvgIpc) is 3.03. The molecule has 0 unspecified atom stereocenters. The SMILES string of the molecule is CC(C)C(=O)N1CCC[C@H]1c1nc2ccccc2s1. The highest BCUT2D eigenvalue weighted by Gasteiger charge is 2.32. The minimum Gasteiger partial charge on any atom is -0.333 e. The first-order valence-electron chi connectivity index (χ1n) is 6.83. The summed E-state index contributed by atoms with van der Waals surface area (Å²) in [6, 6.07) is 8.37. The highest BCUT2D eigenvalue weighted by Crippen LogP contribution is 2.37. The molecule has 1 aromatic carbocycles. The van der Waals surface area contributed by atoms with E-state index < -0.39 is 0 Å². The number of carbonyl (C=O) groups is 1. The van der Waals surface area contributed by atoms with E-state index in [0.717, 1.165) is 29.9 Å². The lowest BCUT2D eigenvalue weighted by atomic mass is 10.1. The van der Waals surface area contributed by atoms with Crippen LogP contribution in [0.5, 0.6) is 0 Å². The zero-order valence-corrected chi connectivity index (χ0v) is 12.1. The van der Waals surface area contributed by atoms with Gasteiger partial charge in [0.2, 0.25) is 5.91 Å². The molecule has 0 aliphatic carbocycles. The Morgan fingerprint density at radius 2 is 2.21 bits per heavy atom. The summed E-state index contributed by atoms with van der Waals surface area (Å²) in [5, 5.41) is 1.09.